The van der Waals surface area contributed by atoms with Crippen molar-refractivity contribution in [3.63, 3.8) is 0 Å². The summed E-state index contributed by atoms with van der Waals surface area (Å²) in [6.45, 7) is 6.08. The molecule has 1 rings (SSSR count). The van der Waals surface area contributed by atoms with Gasteiger partial charge >= 0.3 is 0 Å². The predicted octanol–water partition coefficient (Wildman–Crippen LogP) is 1.34. The van der Waals surface area contributed by atoms with Crippen LogP contribution in [0.25, 0.3) is 0 Å². The first-order valence-electron chi connectivity index (χ1n) is 5.05. The highest BCUT2D eigenvalue weighted by molar-refractivity contribution is 4.97. The Bertz CT molecular complexity index is 289. The molecule has 86 valence electrons. The average Bonchev–Trinajstić information content (AvgIpc) is 2.52. The lowest BCUT2D eigenvalue weighted by atomic mass is 9.91. The van der Waals surface area contributed by atoms with Crippen molar-refractivity contribution in [2.45, 2.75) is 39.4 Å². The first-order chi connectivity index (χ1) is 7.06. The molecule has 5 nitrogen and oxygen atoms in total. The Morgan fingerprint density at radius 2 is 2.07 bits per heavy atom. The SMILES string of the molecule is COCc1noc(C(C(C)C)C(C)O)n1. The predicted molar refractivity (Wildman–Crippen MR) is 54.3 cm³/mol. The second-order valence-electron chi connectivity index (χ2n) is 3.99. The molecule has 1 aromatic heterocycles. The Morgan fingerprint density at radius 3 is 2.53 bits per heavy atom. The fourth-order valence-corrected chi connectivity index (χ4v) is 1.64. The van der Waals surface area contributed by atoms with Crippen molar-refractivity contribution in [1.29, 1.82) is 0 Å². The molecule has 1 N–H and O–H groups in total. The summed E-state index contributed by atoms with van der Waals surface area (Å²) in [7, 11) is 1.57. The summed E-state index contributed by atoms with van der Waals surface area (Å²) >= 11 is 0. The fourth-order valence-electron chi connectivity index (χ4n) is 1.64. The van der Waals surface area contributed by atoms with Crippen LogP contribution in [0.3, 0.4) is 0 Å². The molecule has 0 aliphatic heterocycles. The summed E-state index contributed by atoms with van der Waals surface area (Å²) in [6.07, 6.45) is -0.499. The molecule has 0 bridgehead atoms. The first-order valence-corrected chi connectivity index (χ1v) is 5.05. The van der Waals surface area contributed by atoms with Crippen molar-refractivity contribution >= 4 is 0 Å². The fraction of sp³-hybridized carbons (Fsp3) is 0.800. The third-order valence-corrected chi connectivity index (χ3v) is 2.28. The van der Waals surface area contributed by atoms with E-state index in [0.29, 0.717) is 18.3 Å². The van der Waals surface area contributed by atoms with Gasteiger partial charge in [0, 0.05) is 7.11 Å². The highest BCUT2D eigenvalue weighted by atomic mass is 16.5. The molecule has 2 unspecified atom stereocenters. The lowest BCUT2D eigenvalue weighted by Gasteiger charge is -2.19. The molecular formula is C10H18N2O3. The van der Waals surface area contributed by atoms with E-state index in [2.05, 4.69) is 10.1 Å². The molecule has 0 aromatic carbocycles. The van der Waals surface area contributed by atoms with Crippen molar-refractivity contribution in [3.8, 4) is 0 Å². The van der Waals surface area contributed by atoms with Gasteiger partial charge in [-0.05, 0) is 12.8 Å². The number of nitrogens with zero attached hydrogens (tertiary/aromatic N) is 2. The highest BCUT2D eigenvalue weighted by Gasteiger charge is 2.26. The molecule has 5 heteroatoms. The number of hydrogen-bond acceptors (Lipinski definition) is 5. The average molecular weight is 214 g/mol. The van der Waals surface area contributed by atoms with Gasteiger partial charge in [0.25, 0.3) is 0 Å². The monoisotopic (exact) mass is 214 g/mol. The maximum Gasteiger partial charge on any atom is 0.232 e. The minimum Gasteiger partial charge on any atom is -0.393 e. The second kappa shape index (κ2) is 5.23. The summed E-state index contributed by atoms with van der Waals surface area (Å²) in [6, 6.07) is 0. The molecule has 0 amide bonds. The zero-order valence-corrected chi connectivity index (χ0v) is 9.60. The molecule has 1 heterocycles. The topological polar surface area (TPSA) is 68.4 Å². The molecule has 0 aliphatic rings. The first kappa shape index (κ1) is 12.1. The molecular weight excluding hydrogens is 196 g/mol. The van der Waals surface area contributed by atoms with E-state index in [4.69, 9.17) is 9.26 Å². The van der Waals surface area contributed by atoms with E-state index in [0.717, 1.165) is 0 Å². The number of aliphatic hydroxyl groups is 1. The Morgan fingerprint density at radius 1 is 1.40 bits per heavy atom. The largest absolute Gasteiger partial charge is 0.393 e. The second-order valence-corrected chi connectivity index (χ2v) is 3.99. The van der Waals surface area contributed by atoms with Gasteiger partial charge in [0.15, 0.2) is 5.82 Å². The number of aromatic nitrogens is 2. The van der Waals surface area contributed by atoms with Gasteiger partial charge < -0.3 is 14.4 Å². The van der Waals surface area contributed by atoms with Crippen LogP contribution in [0, 0.1) is 5.92 Å². The molecule has 0 saturated carbocycles. The van der Waals surface area contributed by atoms with Gasteiger partial charge in [0.2, 0.25) is 5.89 Å². The van der Waals surface area contributed by atoms with Crippen molar-refractivity contribution in [1.82, 2.24) is 10.1 Å². The van der Waals surface area contributed by atoms with Crippen molar-refractivity contribution in [3.05, 3.63) is 11.7 Å². The van der Waals surface area contributed by atoms with Crippen LogP contribution in [0.1, 0.15) is 38.4 Å². The van der Waals surface area contributed by atoms with Crippen LogP contribution >= 0.6 is 0 Å². The van der Waals surface area contributed by atoms with Crippen LogP contribution < -0.4 is 0 Å². The van der Waals surface area contributed by atoms with Crippen molar-refractivity contribution in [2.75, 3.05) is 7.11 Å². The van der Waals surface area contributed by atoms with Gasteiger partial charge in [-0.2, -0.15) is 4.98 Å². The Kier molecular flexibility index (Phi) is 4.23. The van der Waals surface area contributed by atoms with Crippen molar-refractivity contribution in [2.24, 2.45) is 5.92 Å². The van der Waals surface area contributed by atoms with Crippen LogP contribution in [-0.2, 0) is 11.3 Å². The van der Waals surface area contributed by atoms with Crippen LogP contribution in [0.4, 0.5) is 0 Å². The van der Waals surface area contributed by atoms with Gasteiger partial charge in [-0.15, -0.1) is 0 Å². The number of methoxy groups -OCH3 is 1. The van der Waals surface area contributed by atoms with E-state index >= 15 is 0 Å². The molecule has 0 saturated heterocycles. The number of aliphatic hydroxyl groups excluding tert-OH is 1. The number of ether oxygens (including phenoxy) is 1. The maximum absolute atomic E-state index is 9.62. The minimum absolute atomic E-state index is 0.122. The van der Waals surface area contributed by atoms with E-state index in [1.165, 1.54) is 0 Å². The van der Waals surface area contributed by atoms with E-state index in [-0.39, 0.29) is 11.8 Å². The zero-order chi connectivity index (χ0) is 11.4. The standard InChI is InChI=1S/C10H18N2O3/c1-6(2)9(7(3)13)10-11-8(5-14-4)12-15-10/h6-7,9,13H,5H2,1-4H3. The van der Waals surface area contributed by atoms with Gasteiger partial charge in [-0.1, -0.05) is 19.0 Å². The summed E-state index contributed by atoms with van der Waals surface area (Å²) in [5.74, 6) is 1.12. The van der Waals surface area contributed by atoms with Gasteiger partial charge in [-0.3, -0.25) is 0 Å². The summed E-state index contributed by atoms with van der Waals surface area (Å²) in [5.41, 5.74) is 0. The Balaban J connectivity index is 2.82. The number of rotatable bonds is 5. The minimum atomic E-state index is -0.499. The Labute approximate surface area is 89.4 Å². The molecule has 0 fully saturated rings. The lowest BCUT2D eigenvalue weighted by molar-refractivity contribution is 0.120. The van der Waals surface area contributed by atoms with Crippen LogP contribution in [0.5, 0.6) is 0 Å². The third-order valence-electron chi connectivity index (χ3n) is 2.28. The van der Waals surface area contributed by atoms with E-state index < -0.39 is 6.10 Å². The summed E-state index contributed by atoms with van der Waals surface area (Å²) in [4.78, 5) is 4.18. The smallest absolute Gasteiger partial charge is 0.232 e. The Hall–Kier alpha value is -0.940. The quantitative estimate of drug-likeness (QED) is 0.801. The molecule has 0 spiro atoms. The van der Waals surface area contributed by atoms with Gasteiger partial charge in [0.05, 0.1) is 12.0 Å². The molecule has 15 heavy (non-hydrogen) atoms. The van der Waals surface area contributed by atoms with Gasteiger partial charge in [-0.25, -0.2) is 0 Å². The van der Waals surface area contributed by atoms with Crippen LogP contribution in [-0.4, -0.2) is 28.5 Å². The lowest BCUT2D eigenvalue weighted by Crippen LogP contribution is -2.20. The maximum atomic E-state index is 9.62. The number of hydrogen-bond donors (Lipinski definition) is 1. The summed E-state index contributed by atoms with van der Waals surface area (Å²) in [5, 5.41) is 13.4. The summed E-state index contributed by atoms with van der Waals surface area (Å²) < 4.78 is 10.00. The van der Waals surface area contributed by atoms with Crippen LogP contribution in [0.2, 0.25) is 0 Å². The molecule has 2 atom stereocenters. The van der Waals surface area contributed by atoms with E-state index in [1.807, 2.05) is 13.8 Å². The van der Waals surface area contributed by atoms with Crippen LogP contribution in [0.15, 0.2) is 4.52 Å². The molecule has 0 radical (unpaired) electrons. The molecule has 0 aliphatic carbocycles. The van der Waals surface area contributed by atoms with E-state index in [9.17, 15) is 5.11 Å². The zero-order valence-electron chi connectivity index (χ0n) is 9.60. The van der Waals surface area contributed by atoms with E-state index in [1.54, 1.807) is 14.0 Å². The van der Waals surface area contributed by atoms with Crippen molar-refractivity contribution < 1.29 is 14.4 Å². The molecule has 1 aromatic rings. The highest BCUT2D eigenvalue weighted by Crippen LogP contribution is 2.26. The van der Waals surface area contributed by atoms with Gasteiger partial charge in [0.1, 0.15) is 6.61 Å². The third kappa shape index (κ3) is 3.00. The normalized spacial score (nSPS) is 15.6.